The molecule has 0 saturated heterocycles. The summed E-state index contributed by atoms with van der Waals surface area (Å²) in [7, 11) is 0. The Labute approximate surface area is 106 Å². The second-order valence-corrected chi connectivity index (χ2v) is 4.04. The van der Waals surface area contributed by atoms with Gasteiger partial charge in [-0.15, -0.1) is 0 Å². The van der Waals surface area contributed by atoms with Gasteiger partial charge < -0.3 is 10.6 Å². The molecule has 0 spiro atoms. The van der Waals surface area contributed by atoms with Gasteiger partial charge in [0.15, 0.2) is 11.6 Å². The second kappa shape index (κ2) is 6.93. The summed E-state index contributed by atoms with van der Waals surface area (Å²) in [4.78, 5) is 11.6. The van der Waals surface area contributed by atoms with Crippen LogP contribution in [-0.2, 0) is 4.79 Å². The average molecular weight is 256 g/mol. The van der Waals surface area contributed by atoms with Gasteiger partial charge in [0.25, 0.3) is 0 Å². The number of carbonyl (C=O) groups is 1. The number of rotatable bonds is 6. The molecule has 1 rings (SSSR count). The number of halogens is 2. The molecule has 18 heavy (non-hydrogen) atoms. The lowest BCUT2D eigenvalue weighted by molar-refractivity contribution is -0.120. The minimum absolute atomic E-state index is 0.00491. The normalized spacial score (nSPS) is 10.5. The Morgan fingerprint density at radius 2 is 1.94 bits per heavy atom. The highest BCUT2D eigenvalue weighted by molar-refractivity contribution is 5.81. The summed E-state index contributed by atoms with van der Waals surface area (Å²) in [5.74, 6) is -2.12. The lowest BCUT2D eigenvalue weighted by Crippen LogP contribution is -2.37. The van der Waals surface area contributed by atoms with Crippen LogP contribution >= 0.6 is 0 Å². The van der Waals surface area contributed by atoms with E-state index in [0.717, 1.165) is 18.9 Å². The smallest absolute Gasteiger partial charge is 0.239 e. The monoisotopic (exact) mass is 256 g/mol. The van der Waals surface area contributed by atoms with Gasteiger partial charge in [-0.2, -0.15) is 0 Å². The van der Waals surface area contributed by atoms with E-state index in [-0.39, 0.29) is 24.2 Å². The first-order chi connectivity index (χ1) is 8.58. The molecule has 3 nitrogen and oxygen atoms in total. The summed E-state index contributed by atoms with van der Waals surface area (Å²) in [6, 6.07) is 3.93. The highest BCUT2D eigenvalue weighted by atomic mass is 19.2. The van der Waals surface area contributed by atoms with E-state index in [4.69, 9.17) is 0 Å². The maximum absolute atomic E-state index is 13.3. The molecule has 0 aromatic heterocycles. The topological polar surface area (TPSA) is 41.1 Å². The maximum atomic E-state index is 13.3. The molecular weight excluding hydrogens is 238 g/mol. The fourth-order valence-electron chi connectivity index (χ4n) is 1.59. The van der Waals surface area contributed by atoms with Crippen LogP contribution in [0.1, 0.15) is 26.7 Å². The van der Waals surface area contributed by atoms with Gasteiger partial charge in [-0.05, 0) is 25.0 Å². The largest absolute Gasteiger partial charge is 0.374 e. The van der Waals surface area contributed by atoms with Gasteiger partial charge in [0.05, 0.1) is 12.2 Å². The molecule has 1 aromatic carbocycles. The second-order valence-electron chi connectivity index (χ2n) is 4.04. The highest BCUT2D eigenvalue weighted by Crippen LogP contribution is 2.15. The molecule has 0 aliphatic rings. The number of benzene rings is 1. The maximum Gasteiger partial charge on any atom is 0.239 e. The number of carbonyl (C=O) groups excluding carboxylic acids is 1. The van der Waals surface area contributed by atoms with Gasteiger partial charge in [-0.3, -0.25) is 4.79 Å². The Bertz CT molecular complexity index is 406. The van der Waals surface area contributed by atoms with Crippen LogP contribution in [0, 0.1) is 11.6 Å². The molecule has 0 aliphatic carbocycles. The molecule has 0 aliphatic heterocycles. The molecule has 0 radical (unpaired) electrons. The average Bonchev–Trinajstić information content (AvgIpc) is 2.37. The quantitative estimate of drug-likeness (QED) is 0.821. The van der Waals surface area contributed by atoms with E-state index in [9.17, 15) is 13.6 Å². The van der Waals surface area contributed by atoms with Crippen molar-refractivity contribution in [2.24, 2.45) is 0 Å². The number of nitrogens with one attached hydrogen (secondary N) is 2. The number of anilines is 1. The molecule has 0 heterocycles. The molecule has 1 aromatic rings. The third-order valence-corrected chi connectivity index (χ3v) is 2.74. The lowest BCUT2D eigenvalue weighted by atomic mass is 10.2. The summed E-state index contributed by atoms with van der Waals surface area (Å²) in [6.45, 7) is 3.89. The van der Waals surface area contributed by atoms with Gasteiger partial charge in [-0.1, -0.05) is 19.9 Å². The van der Waals surface area contributed by atoms with Crippen molar-refractivity contribution in [1.82, 2.24) is 5.32 Å². The van der Waals surface area contributed by atoms with Crippen LogP contribution in [-0.4, -0.2) is 18.5 Å². The predicted molar refractivity (Wildman–Crippen MR) is 67.4 cm³/mol. The molecule has 5 heteroatoms. The molecule has 100 valence electrons. The first-order valence-electron chi connectivity index (χ1n) is 6.05. The van der Waals surface area contributed by atoms with Crippen molar-refractivity contribution in [3.8, 4) is 0 Å². The summed E-state index contributed by atoms with van der Waals surface area (Å²) < 4.78 is 26.2. The Kier molecular flexibility index (Phi) is 5.55. The van der Waals surface area contributed by atoms with E-state index in [1.54, 1.807) is 0 Å². The number of hydrogen-bond donors (Lipinski definition) is 2. The summed E-state index contributed by atoms with van der Waals surface area (Å²) in [5, 5.41) is 5.38. The van der Waals surface area contributed by atoms with Crippen LogP contribution in [0.3, 0.4) is 0 Å². The zero-order chi connectivity index (χ0) is 13.5. The Balaban J connectivity index is 2.50. The van der Waals surface area contributed by atoms with Crippen LogP contribution in [0.4, 0.5) is 14.5 Å². The molecular formula is C13H18F2N2O. The Morgan fingerprint density at radius 3 is 2.56 bits per heavy atom. The van der Waals surface area contributed by atoms with Crippen LogP contribution in [0.15, 0.2) is 18.2 Å². The van der Waals surface area contributed by atoms with Crippen molar-refractivity contribution in [2.45, 2.75) is 32.7 Å². The van der Waals surface area contributed by atoms with Crippen LogP contribution < -0.4 is 10.6 Å². The van der Waals surface area contributed by atoms with Gasteiger partial charge in [-0.25, -0.2) is 8.78 Å². The summed E-state index contributed by atoms with van der Waals surface area (Å²) in [5.41, 5.74) is -0.00491. The standard InChI is InChI=1S/C13H18F2N2O/c1-3-9(4-2)17-12(18)8-16-11-7-5-6-10(14)13(11)15/h5-7,9,16H,3-4,8H2,1-2H3,(H,17,18). The Hall–Kier alpha value is -1.65. The highest BCUT2D eigenvalue weighted by Gasteiger charge is 2.10. The van der Waals surface area contributed by atoms with Crippen molar-refractivity contribution in [3.63, 3.8) is 0 Å². The first-order valence-corrected chi connectivity index (χ1v) is 6.05. The zero-order valence-corrected chi connectivity index (χ0v) is 10.6. The minimum atomic E-state index is -0.965. The Morgan fingerprint density at radius 1 is 1.28 bits per heavy atom. The summed E-state index contributed by atoms with van der Waals surface area (Å²) >= 11 is 0. The van der Waals surface area contributed by atoms with E-state index in [1.807, 2.05) is 13.8 Å². The van der Waals surface area contributed by atoms with Crippen LogP contribution in [0.25, 0.3) is 0 Å². The van der Waals surface area contributed by atoms with Crippen LogP contribution in [0.5, 0.6) is 0 Å². The van der Waals surface area contributed by atoms with E-state index < -0.39 is 11.6 Å². The van der Waals surface area contributed by atoms with Crippen molar-refractivity contribution in [3.05, 3.63) is 29.8 Å². The van der Waals surface area contributed by atoms with E-state index in [2.05, 4.69) is 10.6 Å². The van der Waals surface area contributed by atoms with Crippen molar-refractivity contribution in [2.75, 3.05) is 11.9 Å². The SMILES string of the molecule is CCC(CC)NC(=O)CNc1cccc(F)c1F. The lowest BCUT2D eigenvalue weighted by Gasteiger charge is -2.15. The molecule has 2 N–H and O–H groups in total. The number of hydrogen-bond acceptors (Lipinski definition) is 2. The van der Waals surface area contributed by atoms with Gasteiger partial charge in [0.1, 0.15) is 0 Å². The number of amides is 1. The van der Waals surface area contributed by atoms with Crippen molar-refractivity contribution >= 4 is 11.6 Å². The van der Waals surface area contributed by atoms with Gasteiger partial charge in [0, 0.05) is 6.04 Å². The molecule has 0 saturated carbocycles. The van der Waals surface area contributed by atoms with Crippen LogP contribution in [0.2, 0.25) is 0 Å². The zero-order valence-electron chi connectivity index (χ0n) is 10.6. The summed E-state index contributed by atoms with van der Waals surface area (Å²) in [6.07, 6.45) is 1.69. The first kappa shape index (κ1) is 14.4. The minimum Gasteiger partial charge on any atom is -0.374 e. The van der Waals surface area contributed by atoms with Crippen molar-refractivity contribution < 1.29 is 13.6 Å². The fraction of sp³-hybridized carbons (Fsp3) is 0.462. The van der Waals surface area contributed by atoms with Crippen molar-refractivity contribution in [1.29, 1.82) is 0 Å². The molecule has 0 fully saturated rings. The molecule has 0 bridgehead atoms. The molecule has 0 atom stereocenters. The molecule has 1 amide bonds. The van der Waals surface area contributed by atoms with Gasteiger partial charge >= 0.3 is 0 Å². The van der Waals surface area contributed by atoms with E-state index in [0.29, 0.717) is 0 Å². The molecule has 0 unspecified atom stereocenters. The predicted octanol–water partition coefficient (Wildman–Crippen LogP) is 2.68. The fourth-order valence-corrected chi connectivity index (χ4v) is 1.59. The van der Waals surface area contributed by atoms with E-state index >= 15 is 0 Å². The van der Waals surface area contributed by atoms with Gasteiger partial charge in [0.2, 0.25) is 5.91 Å². The van der Waals surface area contributed by atoms with E-state index in [1.165, 1.54) is 12.1 Å². The third-order valence-electron chi connectivity index (χ3n) is 2.74. The third kappa shape index (κ3) is 3.98.